The number of hydrogen-bond acceptors (Lipinski definition) is 3. The van der Waals surface area contributed by atoms with E-state index in [0.29, 0.717) is 32.1 Å². The van der Waals surface area contributed by atoms with Crippen molar-refractivity contribution in [2.45, 2.75) is 26.3 Å². The highest BCUT2D eigenvalue weighted by molar-refractivity contribution is 5.83. The minimum absolute atomic E-state index is 0.0149. The lowest BCUT2D eigenvalue weighted by Crippen LogP contribution is -2.54. The van der Waals surface area contributed by atoms with Gasteiger partial charge < -0.3 is 15.1 Å². The second kappa shape index (κ2) is 5.04. The molecule has 0 aliphatic carbocycles. The van der Waals surface area contributed by atoms with E-state index in [1.807, 2.05) is 4.90 Å². The molecule has 0 aromatic heterocycles. The van der Waals surface area contributed by atoms with Gasteiger partial charge in [0.2, 0.25) is 11.8 Å². The van der Waals surface area contributed by atoms with Gasteiger partial charge in [-0.15, -0.1) is 0 Å². The highest BCUT2D eigenvalue weighted by Gasteiger charge is 2.33. The van der Waals surface area contributed by atoms with Crippen molar-refractivity contribution in [3.8, 4) is 0 Å². The Labute approximate surface area is 102 Å². The zero-order valence-electron chi connectivity index (χ0n) is 10.6. The van der Waals surface area contributed by atoms with Gasteiger partial charge in [0.15, 0.2) is 0 Å². The van der Waals surface area contributed by atoms with E-state index in [-0.39, 0.29) is 17.9 Å². The number of rotatable bonds is 1. The lowest BCUT2D eigenvalue weighted by Gasteiger charge is -2.36. The maximum absolute atomic E-state index is 12.2. The molecule has 0 saturated carbocycles. The highest BCUT2D eigenvalue weighted by Crippen LogP contribution is 2.17. The third-order valence-electron chi connectivity index (χ3n) is 3.84. The molecule has 0 radical (unpaired) electrons. The van der Waals surface area contributed by atoms with E-state index in [0.717, 1.165) is 13.0 Å². The van der Waals surface area contributed by atoms with Crippen molar-refractivity contribution in [2.75, 3.05) is 32.7 Å². The number of hydrogen-bond donors (Lipinski definition) is 1. The van der Waals surface area contributed by atoms with Gasteiger partial charge in [0, 0.05) is 33.1 Å². The molecule has 5 nitrogen and oxygen atoms in total. The summed E-state index contributed by atoms with van der Waals surface area (Å²) in [4.78, 5) is 27.1. The van der Waals surface area contributed by atoms with Crippen molar-refractivity contribution in [3.63, 3.8) is 0 Å². The molecule has 2 heterocycles. The summed E-state index contributed by atoms with van der Waals surface area (Å²) in [5.41, 5.74) is 0. The minimum Gasteiger partial charge on any atom is -0.339 e. The van der Waals surface area contributed by atoms with Gasteiger partial charge in [-0.2, -0.15) is 0 Å². The number of nitrogens with zero attached hydrogens (tertiary/aromatic N) is 2. The average Bonchev–Trinajstić information content (AvgIpc) is 2.74. The second-order valence-electron chi connectivity index (χ2n) is 5.03. The van der Waals surface area contributed by atoms with Crippen LogP contribution in [-0.4, -0.2) is 60.4 Å². The van der Waals surface area contributed by atoms with Gasteiger partial charge in [0.05, 0.1) is 6.04 Å². The Hall–Kier alpha value is -1.10. The van der Waals surface area contributed by atoms with E-state index in [9.17, 15) is 9.59 Å². The van der Waals surface area contributed by atoms with Crippen molar-refractivity contribution in [3.05, 3.63) is 0 Å². The largest absolute Gasteiger partial charge is 0.339 e. The van der Waals surface area contributed by atoms with Gasteiger partial charge in [-0.05, 0) is 18.9 Å². The molecule has 2 rings (SSSR count). The number of carbonyl (C=O) groups excluding carboxylic acids is 2. The maximum atomic E-state index is 12.2. The fourth-order valence-corrected chi connectivity index (χ4v) is 2.60. The van der Waals surface area contributed by atoms with Crippen molar-refractivity contribution < 1.29 is 9.59 Å². The Morgan fingerprint density at radius 1 is 1.12 bits per heavy atom. The molecule has 2 unspecified atom stereocenters. The van der Waals surface area contributed by atoms with E-state index in [2.05, 4.69) is 12.2 Å². The zero-order chi connectivity index (χ0) is 12.4. The molecule has 0 aromatic carbocycles. The summed E-state index contributed by atoms with van der Waals surface area (Å²) in [5, 5.41) is 3.27. The van der Waals surface area contributed by atoms with Crippen LogP contribution < -0.4 is 5.32 Å². The summed E-state index contributed by atoms with van der Waals surface area (Å²) in [6.45, 7) is 7.31. The molecule has 2 saturated heterocycles. The van der Waals surface area contributed by atoms with E-state index >= 15 is 0 Å². The average molecular weight is 239 g/mol. The lowest BCUT2D eigenvalue weighted by atomic mass is 10.0. The Bertz CT molecular complexity index is 311. The van der Waals surface area contributed by atoms with Crippen LogP contribution in [0.4, 0.5) is 0 Å². The van der Waals surface area contributed by atoms with Gasteiger partial charge >= 0.3 is 0 Å². The van der Waals surface area contributed by atoms with Gasteiger partial charge in [-0.1, -0.05) is 6.92 Å². The van der Waals surface area contributed by atoms with Crippen LogP contribution >= 0.6 is 0 Å². The van der Waals surface area contributed by atoms with Gasteiger partial charge in [-0.3, -0.25) is 9.59 Å². The van der Waals surface area contributed by atoms with E-state index in [4.69, 9.17) is 0 Å². The molecular formula is C12H21N3O2. The number of piperazine rings is 1. The van der Waals surface area contributed by atoms with Crippen molar-refractivity contribution in [1.82, 2.24) is 15.1 Å². The van der Waals surface area contributed by atoms with Crippen molar-refractivity contribution in [1.29, 1.82) is 0 Å². The SMILES string of the molecule is CC(=O)N1CCN(C(=O)C2NCCC2C)CC1. The third kappa shape index (κ3) is 2.60. The summed E-state index contributed by atoms with van der Waals surface area (Å²) in [6.07, 6.45) is 1.07. The molecule has 0 aromatic rings. The Kier molecular flexibility index (Phi) is 3.66. The first-order valence-electron chi connectivity index (χ1n) is 6.37. The van der Waals surface area contributed by atoms with E-state index < -0.39 is 0 Å². The van der Waals surface area contributed by atoms with Crippen LogP contribution in [0.2, 0.25) is 0 Å². The maximum Gasteiger partial charge on any atom is 0.240 e. The van der Waals surface area contributed by atoms with Gasteiger partial charge in [-0.25, -0.2) is 0 Å². The molecule has 5 heteroatoms. The molecule has 2 fully saturated rings. The summed E-state index contributed by atoms with van der Waals surface area (Å²) in [6, 6.07) is -0.0149. The number of nitrogens with one attached hydrogen (secondary N) is 1. The predicted octanol–water partition coefficient (Wildman–Crippen LogP) is -0.325. The van der Waals surface area contributed by atoms with Crippen molar-refractivity contribution >= 4 is 11.8 Å². The highest BCUT2D eigenvalue weighted by atomic mass is 16.2. The monoisotopic (exact) mass is 239 g/mol. The Morgan fingerprint density at radius 3 is 2.18 bits per heavy atom. The second-order valence-corrected chi connectivity index (χ2v) is 5.03. The first-order valence-corrected chi connectivity index (χ1v) is 6.37. The van der Waals surface area contributed by atoms with Crippen LogP contribution in [0.15, 0.2) is 0 Å². The normalized spacial score (nSPS) is 29.5. The predicted molar refractivity (Wildman–Crippen MR) is 64.4 cm³/mol. The summed E-state index contributed by atoms with van der Waals surface area (Å²) < 4.78 is 0. The molecule has 2 amide bonds. The first-order chi connectivity index (χ1) is 8.09. The third-order valence-corrected chi connectivity index (χ3v) is 3.84. The van der Waals surface area contributed by atoms with Crippen molar-refractivity contribution in [2.24, 2.45) is 5.92 Å². The molecule has 1 N–H and O–H groups in total. The van der Waals surface area contributed by atoms with E-state index in [1.165, 1.54) is 0 Å². The fraction of sp³-hybridized carbons (Fsp3) is 0.833. The molecule has 2 aliphatic rings. The van der Waals surface area contributed by atoms with Crippen LogP contribution in [0.25, 0.3) is 0 Å². The topological polar surface area (TPSA) is 52.7 Å². The Morgan fingerprint density at radius 2 is 1.71 bits per heavy atom. The molecule has 0 bridgehead atoms. The standard InChI is InChI=1S/C12H21N3O2/c1-9-3-4-13-11(9)12(17)15-7-5-14(6-8-15)10(2)16/h9,11,13H,3-8H2,1-2H3. The summed E-state index contributed by atoms with van der Waals surface area (Å²) in [5.74, 6) is 0.732. The molecule has 96 valence electrons. The molecule has 17 heavy (non-hydrogen) atoms. The number of amides is 2. The number of carbonyl (C=O) groups is 2. The summed E-state index contributed by atoms with van der Waals surface area (Å²) >= 11 is 0. The van der Waals surface area contributed by atoms with E-state index in [1.54, 1.807) is 11.8 Å². The first kappa shape index (κ1) is 12.4. The van der Waals surface area contributed by atoms with Gasteiger partial charge in [0.25, 0.3) is 0 Å². The molecule has 0 spiro atoms. The van der Waals surface area contributed by atoms with Crippen LogP contribution in [0, 0.1) is 5.92 Å². The minimum atomic E-state index is -0.0149. The van der Waals surface area contributed by atoms with Gasteiger partial charge in [0.1, 0.15) is 0 Å². The van der Waals surface area contributed by atoms with Crippen LogP contribution in [-0.2, 0) is 9.59 Å². The van der Waals surface area contributed by atoms with Crippen LogP contribution in [0.5, 0.6) is 0 Å². The molecule has 2 atom stereocenters. The zero-order valence-corrected chi connectivity index (χ0v) is 10.6. The molecular weight excluding hydrogens is 218 g/mol. The van der Waals surface area contributed by atoms with Crippen LogP contribution in [0.3, 0.4) is 0 Å². The Balaban J connectivity index is 1.88. The fourth-order valence-electron chi connectivity index (χ4n) is 2.60. The summed E-state index contributed by atoms with van der Waals surface area (Å²) in [7, 11) is 0. The quantitative estimate of drug-likeness (QED) is 0.682. The smallest absolute Gasteiger partial charge is 0.240 e. The lowest BCUT2D eigenvalue weighted by molar-refractivity contribution is -0.140. The molecule has 2 aliphatic heterocycles. The van der Waals surface area contributed by atoms with Crippen LogP contribution in [0.1, 0.15) is 20.3 Å².